The molecule has 5 nitrogen and oxygen atoms in total. The fourth-order valence-corrected chi connectivity index (χ4v) is 1.74. The lowest BCUT2D eigenvalue weighted by Crippen LogP contribution is -2.18. The summed E-state index contributed by atoms with van der Waals surface area (Å²) in [4.78, 5) is 11.3. The van der Waals surface area contributed by atoms with E-state index in [0.717, 1.165) is 6.20 Å². The molecule has 20 heavy (non-hydrogen) atoms. The number of carbonyl (C=O) groups excluding carboxylic acids is 1. The molecule has 0 saturated heterocycles. The van der Waals surface area contributed by atoms with Gasteiger partial charge in [0.15, 0.2) is 5.57 Å². The summed E-state index contributed by atoms with van der Waals surface area (Å²) in [5, 5.41) is 9.55. The second-order valence-electron chi connectivity index (χ2n) is 3.38. The Bertz CT molecular complexity index is 582. The van der Waals surface area contributed by atoms with Gasteiger partial charge in [0.25, 0.3) is 0 Å². The van der Waals surface area contributed by atoms with Crippen molar-refractivity contribution < 1.29 is 9.53 Å². The van der Waals surface area contributed by atoms with Crippen molar-refractivity contribution in [2.45, 2.75) is 6.92 Å². The summed E-state index contributed by atoms with van der Waals surface area (Å²) in [7, 11) is 0. The van der Waals surface area contributed by atoms with Gasteiger partial charge in [-0.1, -0.05) is 34.8 Å². The summed E-state index contributed by atoms with van der Waals surface area (Å²) in [6.07, 6.45) is 1.16. The first kappa shape index (κ1) is 16.4. The van der Waals surface area contributed by atoms with Crippen LogP contribution in [0.25, 0.3) is 0 Å². The summed E-state index contributed by atoms with van der Waals surface area (Å²) in [6.45, 7) is 1.83. The molecule has 0 aliphatic rings. The Morgan fingerprint density at radius 1 is 1.40 bits per heavy atom. The molecule has 0 heterocycles. The minimum atomic E-state index is -0.718. The molecule has 0 aliphatic heterocycles. The van der Waals surface area contributed by atoms with E-state index in [1.54, 1.807) is 25.1 Å². The molecule has 1 rings (SSSR count). The Morgan fingerprint density at radius 3 is 2.70 bits per heavy atom. The lowest BCUT2D eigenvalue weighted by Gasteiger charge is -2.10. The fourth-order valence-electron chi connectivity index (χ4n) is 1.15. The first-order valence-corrected chi connectivity index (χ1v) is 6.57. The molecule has 0 atom stereocenters. The van der Waals surface area contributed by atoms with Gasteiger partial charge in [0.2, 0.25) is 0 Å². The Hall–Kier alpha value is -1.61. The minimum absolute atomic E-state index is 0.184. The van der Waals surface area contributed by atoms with E-state index in [1.165, 1.54) is 0 Å². The van der Waals surface area contributed by atoms with Crippen molar-refractivity contribution >= 4 is 46.5 Å². The van der Waals surface area contributed by atoms with Crippen LogP contribution in [0.3, 0.4) is 0 Å². The molecule has 0 radical (unpaired) electrons. The number of anilines is 1. The zero-order valence-corrected chi connectivity index (χ0v) is 12.6. The number of hydrogen-bond donors (Lipinski definition) is 2. The van der Waals surface area contributed by atoms with Gasteiger partial charge < -0.3 is 10.2 Å². The van der Waals surface area contributed by atoms with Gasteiger partial charge in [-0.15, -0.1) is 0 Å². The van der Waals surface area contributed by atoms with Crippen LogP contribution in [0.15, 0.2) is 23.9 Å². The van der Waals surface area contributed by atoms with Crippen LogP contribution < -0.4 is 10.9 Å². The van der Waals surface area contributed by atoms with Crippen molar-refractivity contribution in [1.82, 2.24) is 5.43 Å². The van der Waals surface area contributed by atoms with Crippen LogP contribution in [0.5, 0.6) is 0 Å². The molecule has 0 unspecified atom stereocenters. The molecule has 0 aromatic heterocycles. The normalized spacial score (nSPS) is 10.7. The molecule has 0 spiro atoms. The highest BCUT2D eigenvalue weighted by atomic mass is 35.5. The number of rotatable bonds is 5. The highest BCUT2D eigenvalue weighted by Crippen LogP contribution is 2.35. The number of nitrogens with zero attached hydrogens (tertiary/aromatic N) is 1. The smallest absolute Gasteiger partial charge is 0.350 e. The molecular formula is C12H10Cl3N3O2. The van der Waals surface area contributed by atoms with Crippen molar-refractivity contribution in [2.75, 3.05) is 12.0 Å². The predicted molar refractivity (Wildman–Crippen MR) is 78.6 cm³/mol. The standard InChI is InChI=1S/C12H10Cl3N3O2/c1-2-20-12(19)7(5-16)6-17-18-9-4-3-8(13)10(14)11(9)15/h3-4,6,17-18H,2H2,1H3. The van der Waals surface area contributed by atoms with E-state index in [9.17, 15) is 4.79 Å². The molecule has 0 amide bonds. The van der Waals surface area contributed by atoms with Gasteiger partial charge in [-0.05, 0) is 19.1 Å². The number of esters is 1. The highest BCUT2D eigenvalue weighted by Gasteiger charge is 2.10. The van der Waals surface area contributed by atoms with Gasteiger partial charge in [0.05, 0.1) is 27.4 Å². The SMILES string of the molecule is CCOC(=O)C(C#N)=CNNc1ccc(Cl)c(Cl)c1Cl. The van der Waals surface area contributed by atoms with Crippen molar-refractivity contribution in [1.29, 1.82) is 5.26 Å². The molecule has 1 aromatic rings. The summed E-state index contributed by atoms with van der Waals surface area (Å²) in [5.74, 6) is -0.718. The fraction of sp³-hybridized carbons (Fsp3) is 0.167. The van der Waals surface area contributed by atoms with Crippen LogP contribution >= 0.6 is 34.8 Å². The average molecular weight is 335 g/mol. The van der Waals surface area contributed by atoms with E-state index in [2.05, 4.69) is 10.9 Å². The third-order valence-electron chi connectivity index (χ3n) is 2.07. The number of ether oxygens (including phenoxy) is 1. The van der Waals surface area contributed by atoms with E-state index >= 15 is 0 Å². The first-order chi connectivity index (χ1) is 9.51. The summed E-state index contributed by atoms with van der Waals surface area (Å²) in [5.41, 5.74) is 5.50. The first-order valence-electron chi connectivity index (χ1n) is 5.43. The Kier molecular flexibility index (Phi) is 6.46. The van der Waals surface area contributed by atoms with E-state index in [1.807, 2.05) is 0 Å². The zero-order valence-electron chi connectivity index (χ0n) is 10.3. The van der Waals surface area contributed by atoms with Crippen molar-refractivity contribution in [3.05, 3.63) is 39.0 Å². The molecule has 1 aromatic carbocycles. The third kappa shape index (κ3) is 4.20. The molecule has 106 valence electrons. The quantitative estimate of drug-likeness (QED) is 0.283. The maximum atomic E-state index is 11.3. The Morgan fingerprint density at radius 2 is 2.10 bits per heavy atom. The molecule has 0 bridgehead atoms. The van der Waals surface area contributed by atoms with Crippen LogP contribution in [0.1, 0.15) is 6.92 Å². The Balaban J connectivity index is 2.75. The molecular weight excluding hydrogens is 325 g/mol. The van der Waals surface area contributed by atoms with Crippen molar-refractivity contribution in [2.24, 2.45) is 0 Å². The van der Waals surface area contributed by atoms with Gasteiger partial charge >= 0.3 is 5.97 Å². The largest absolute Gasteiger partial charge is 0.462 e. The van der Waals surface area contributed by atoms with E-state index in [4.69, 9.17) is 44.8 Å². The summed E-state index contributed by atoms with van der Waals surface area (Å²) >= 11 is 17.6. The van der Waals surface area contributed by atoms with Gasteiger partial charge in [-0.3, -0.25) is 5.43 Å². The van der Waals surface area contributed by atoms with Crippen LogP contribution in [0, 0.1) is 11.3 Å². The highest BCUT2D eigenvalue weighted by molar-refractivity contribution is 6.49. The molecule has 2 N–H and O–H groups in total. The second kappa shape index (κ2) is 7.85. The van der Waals surface area contributed by atoms with Crippen molar-refractivity contribution in [3.8, 4) is 6.07 Å². The van der Waals surface area contributed by atoms with Crippen LogP contribution in [0.2, 0.25) is 15.1 Å². The predicted octanol–water partition coefficient (Wildman–Crippen LogP) is 3.53. The molecule has 0 saturated carbocycles. The average Bonchev–Trinajstić information content (AvgIpc) is 2.43. The minimum Gasteiger partial charge on any atom is -0.462 e. The van der Waals surface area contributed by atoms with Gasteiger partial charge in [-0.2, -0.15) is 5.26 Å². The van der Waals surface area contributed by atoms with Crippen LogP contribution in [0.4, 0.5) is 5.69 Å². The number of carbonyl (C=O) groups is 1. The van der Waals surface area contributed by atoms with E-state index in [-0.39, 0.29) is 22.2 Å². The number of nitriles is 1. The zero-order chi connectivity index (χ0) is 15.1. The number of nitrogens with one attached hydrogen (secondary N) is 2. The monoisotopic (exact) mass is 333 g/mol. The maximum absolute atomic E-state index is 11.3. The van der Waals surface area contributed by atoms with E-state index in [0.29, 0.717) is 10.7 Å². The third-order valence-corrected chi connectivity index (χ3v) is 3.37. The maximum Gasteiger partial charge on any atom is 0.350 e. The number of benzene rings is 1. The lowest BCUT2D eigenvalue weighted by molar-refractivity contribution is -0.138. The number of hydrazine groups is 1. The molecule has 0 fully saturated rings. The van der Waals surface area contributed by atoms with Crippen LogP contribution in [-0.4, -0.2) is 12.6 Å². The second-order valence-corrected chi connectivity index (χ2v) is 4.55. The van der Waals surface area contributed by atoms with Crippen molar-refractivity contribution in [3.63, 3.8) is 0 Å². The van der Waals surface area contributed by atoms with Gasteiger partial charge in [0.1, 0.15) is 6.07 Å². The summed E-state index contributed by atoms with van der Waals surface area (Å²) in [6, 6.07) is 4.86. The number of halogens is 3. The topological polar surface area (TPSA) is 74.2 Å². The van der Waals surface area contributed by atoms with Gasteiger partial charge in [-0.25, -0.2) is 4.79 Å². The van der Waals surface area contributed by atoms with Crippen LogP contribution in [-0.2, 0) is 9.53 Å². The molecule has 8 heteroatoms. The Labute approximate surface area is 131 Å². The lowest BCUT2D eigenvalue weighted by atomic mass is 10.3. The van der Waals surface area contributed by atoms with E-state index < -0.39 is 5.97 Å². The molecule has 0 aliphatic carbocycles. The number of hydrogen-bond acceptors (Lipinski definition) is 5. The van der Waals surface area contributed by atoms with Gasteiger partial charge in [0, 0.05) is 6.20 Å². The summed E-state index contributed by atoms with van der Waals surface area (Å²) < 4.78 is 4.69.